The Morgan fingerprint density at radius 2 is 2.00 bits per heavy atom. The lowest BCUT2D eigenvalue weighted by atomic mass is 10.2. The van der Waals surface area contributed by atoms with Crippen molar-refractivity contribution in [3.05, 3.63) is 58.3 Å². The molecule has 3 rings (SSSR count). The fraction of sp³-hybridized carbons (Fsp3) is 0.0667. The van der Waals surface area contributed by atoms with E-state index in [1.807, 2.05) is 17.7 Å². The Labute approximate surface area is 131 Å². The predicted molar refractivity (Wildman–Crippen MR) is 85.1 cm³/mol. The van der Waals surface area contributed by atoms with Crippen LogP contribution in [0, 0.1) is 0 Å². The van der Waals surface area contributed by atoms with Gasteiger partial charge in [-0.15, -0.1) is 0 Å². The zero-order chi connectivity index (χ0) is 15.0. The first kappa shape index (κ1) is 13.9. The zero-order valence-corrected chi connectivity index (χ0v) is 12.6. The second-order valence-corrected chi connectivity index (χ2v) is 5.48. The molecule has 0 atom stereocenters. The largest absolute Gasteiger partial charge is 0.334 e. The molecule has 0 aliphatic carbocycles. The quantitative estimate of drug-likeness (QED) is 0.771. The minimum absolute atomic E-state index is 0.244. The first-order valence-electron chi connectivity index (χ1n) is 6.22. The van der Waals surface area contributed by atoms with Gasteiger partial charge in [0.05, 0.1) is 28.1 Å². The average Bonchev–Trinajstić information content (AvgIpc) is 2.83. The van der Waals surface area contributed by atoms with Crippen LogP contribution in [0.5, 0.6) is 0 Å². The van der Waals surface area contributed by atoms with Crippen LogP contribution < -0.4 is 5.32 Å². The first-order valence-corrected chi connectivity index (χ1v) is 6.97. The molecule has 3 aromatic rings. The third-order valence-corrected chi connectivity index (χ3v) is 3.71. The highest BCUT2D eigenvalue weighted by atomic mass is 35.5. The molecule has 1 aromatic heterocycles. The van der Waals surface area contributed by atoms with Crippen molar-refractivity contribution in [2.45, 2.75) is 0 Å². The number of hydrogen-bond donors (Lipinski definition) is 1. The second kappa shape index (κ2) is 5.39. The molecular formula is C15H11Cl2N3O. The summed E-state index contributed by atoms with van der Waals surface area (Å²) in [5, 5.41) is 3.68. The summed E-state index contributed by atoms with van der Waals surface area (Å²) in [6, 6.07) is 10.3. The average molecular weight is 320 g/mol. The number of carbonyl (C=O) groups excluding carboxylic acids is 1. The Morgan fingerprint density at radius 1 is 1.19 bits per heavy atom. The van der Waals surface area contributed by atoms with Crippen molar-refractivity contribution >= 4 is 45.8 Å². The van der Waals surface area contributed by atoms with Crippen molar-refractivity contribution in [3.8, 4) is 0 Å². The molecule has 1 N–H and O–H groups in total. The van der Waals surface area contributed by atoms with Crippen LogP contribution in [0.4, 0.5) is 5.69 Å². The highest BCUT2D eigenvalue weighted by Gasteiger charge is 2.10. The number of benzene rings is 2. The number of imidazole rings is 1. The number of aryl methyl sites for hydroxylation is 1. The van der Waals surface area contributed by atoms with Crippen LogP contribution in [-0.4, -0.2) is 15.5 Å². The van der Waals surface area contributed by atoms with Gasteiger partial charge in [0.1, 0.15) is 0 Å². The number of halogens is 2. The Kier molecular flexibility index (Phi) is 3.57. The van der Waals surface area contributed by atoms with E-state index in [4.69, 9.17) is 23.2 Å². The lowest BCUT2D eigenvalue weighted by Crippen LogP contribution is -2.12. The summed E-state index contributed by atoms with van der Waals surface area (Å²) in [5.41, 5.74) is 2.78. The predicted octanol–water partition coefficient (Wildman–Crippen LogP) is 4.13. The molecule has 21 heavy (non-hydrogen) atoms. The normalized spacial score (nSPS) is 10.8. The summed E-state index contributed by atoms with van der Waals surface area (Å²) in [5.74, 6) is -0.244. The van der Waals surface area contributed by atoms with Crippen molar-refractivity contribution in [2.24, 2.45) is 7.05 Å². The van der Waals surface area contributed by atoms with Crippen molar-refractivity contribution in [1.29, 1.82) is 0 Å². The lowest BCUT2D eigenvalue weighted by molar-refractivity contribution is 0.102. The summed E-state index contributed by atoms with van der Waals surface area (Å²) < 4.78 is 1.90. The van der Waals surface area contributed by atoms with Gasteiger partial charge in [-0.25, -0.2) is 4.98 Å². The first-order chi connectivity index (χ1) is 10.0. The molecule has 0 unspecified atom stereocenters. The molecule has 1 amide bonds. The Balaban J connectivity index is 1.89. The van der Waals surface area contributed by atoms with Gasteiger partial charge in [0.25, 0.3) is 5.91 Å². The van der Waals surface area contributed by atoms with E-state index in [1.165, 1.54) is 0 Å². The molecule has 4 nitrogen and oxygen atoms in total. The topological polar surface area (TPSA) is 46.9 Å². The lowest BCUT2D eigenvalue weighted by Gasteiger charge is -2.07. The van der Waals surface area contributed by atoms with Crippen LogP contribution in [-0.2, 0) is 7.05 Å². The molecule has 0 aliphatic rings. The van der Waals surface area contributed by atoms with E-state index in [0.29, 0.717) is 21.3 Å². The summed E-state index contributed by atoms with van der Waals surface area (Å²) in [4.78, 5) is 16.5. The number of nitrogens with zero attached hydrogens (tertiary/aromatic N) is 2. The third kappa shape index (κ3) is 2.73. The smallest absolute Gasteiger partial charge is 0.255 e. The highest BCUT2D eigenvalue weighted by Crippen LogP contribution is 2.26. The monoisotopic (exact) mass is 319 g/mol. The number of aromatic nitrogens is 2. The van der Waals surface area contributed by atoms with E-state index in [0.717, 1.165) is 11.0 Å². The van der Waals surface area contributed by atoms with Crippen LogP contribution in [0.15, 0.2) is 42.7 Å². The maximum Gasteiger partial charge on any atom is 0.255 e. The molecule has 0 radical (unpaired) electrons. The van der Waals surface area contributed by atoms with E-state index in [2.05, 4.69) is 10.3 Å². The van der Waals surface area contributed by atoms with E-state index in [-0.39, 0.29) is 5.91 Å². The Hall–Kier alpha value is -2.04. The van der Waals surface area contributed by atoms with Gasteiger partial charge in [0, 0.05) is 17.6 Å². The standard InChI is InChI=1S/C15H11Cl2N3O/c1-20-8-18-13-6-9(2-5-14(13)20)15(21)19-12-4-3-10(16)7-11(12)17/h2-8H,1H3,(H,19,21). The van der Waals surface area contributed by atoms with Crippen molar-refractivity contribution in [3.63, 3.8) is 0 Å². The Bertz CT molecular complexity index is 842. The number of nitrogens with one attached hydrogen (secondary N) is 1. The second-order valence-electron chi connectivity index (χ2n) is 4.64. The SMILES string of the molecule is Cn1cnc2cc(C(=O)Nc3ccc(Cl)cc3Cl)ccc21. The molecule has 6 heteroatoms. The van der Waals surface area contributed by atoms with E-state index in [9.17, 15) is 4.79 Å². The van der Waals surface area contributed by atoms with Crippen LogP contribution in [0.3, 0.4) is 0 Å². The number of fused-ring (bicyclic) bond motifs is 1. The third-order valence-electron chi connectivity index (χ3n) is 3.17. The number of amides is 1. The molecule has 0 saturated heterocycles. The van der Waals surface area contributed by atoms with Crippen molar-refractivity contribution in [1.82, 2.24) is 9.55 Å². The van der Waals surface area contributed by atoms with Crippen LogP contribution in [0.2, 0.25) is 10.0 Å². The van der Waals surface area contributed by atoms with Gasteiger partial charge in [0.2, 0.25) is 0 Å². The minimum Gasteiger partial charge on any atom is -0.334 e. The number of anilines is 1. The van der Waals surface area contributed by atoms with Gasteiger partial charge in [0.15, 0.2) is 0 Å². The molecule has 0 fully saturated rings. The highest BCUT2D eigenvalue weighted by molar-refractivity contribution is 6.36. The summed E-state index contributed by atoms with van der Waals surface area (Å²) in [7, 11) is 1.91. The molecule has 0 aliphatic heterocycles. The molecule has 0 saturated carbocycles. The summed E-state index contributed by atoms with van der Waals surface area (Å²) in [6.45, 7) is 0. The van der Waals surface area contributed by atoms with Gasteiger partial charge < -0.3 is 9.88 Å². The molecule has 0 spiro atoms. The van der Waals surface area contributed by atoms with Gasteiger partial charge in [-0.1, -0.05) is 23.2 Å². The molecule has 106 valence electrons. The summed E-state index contributed by atoms with van der Waals surface area (Å²) in [6.07, 6.45) is 1.71. The van der Waals surface area contributed by atoms with Crippen molar-refractivity contribution in [2.75, 3.05) is 5.32 Å². The van der Waals surface area contributed by atoms with Gasteiger partial charge in [-0.2, -0.15) is 0 Å². The molecular weight excluding hydrogens is 309 g/mol. The van der Waals surface area contributed by atoms with E-state index >= 15 is 0 Å². The minimum atomic E-state index is -0.244. The molecule has 0 bridgehead atoms. The van der Waals surface area contributed by atoms with Gasteiger partial charge >= 0.3 is 0 Å². The van der Waals surface area contributed by atoms with E-state index in [1.54, 1.807) is 36.7 Å². The van der Waals surface area contributed by atoms with Gasteiger partial charge in [-0.3, -0.25) is 4.79 Å². The zero-order valence-electron chi connectivity index (χ0n) is 11.1. The van der Waals surface area contributed by atoms with Gasteiger partial charge in [-0.05, 0) is 36.4 Å². The fourth-order valence-electron chi connectivity index (χ4n) is 2.06. The Morgan fingerprint density at radius 3 is 2.76 bits per heavy atom. The molecule has 1 heterocycles. The van der Waals surface area contributed by atoms with Crippen molar-refractivity contribution < 1.29 is 4.79 Å². The fourth-order valence-corrected chi connectivity index (χ4v) is 2.52. The maximum absolute atomic E-state index is 12.3. The van der Waals surface area contributed by atoms with Crippen LogP contribution in [0.25, 0.3) is 11.0 Å². The van der Waals surface area contributed by atoms with Crippen LogP contribution in [0.1, 0.15) is 10.4 Å². The maximum atomic E-state index is 12.3. The number of carbonyl (C=O) groups is 1. The number of rotatable bonds is 2. The van der Waals surface area contributed by atoms with E-state index < -0.39 is 0 Å². The van der Waals surface area contributed by atoms with Crippen LogP contribution >= 0.6 is 23.2 Å². The number of hydrogen-bond acceptors (Lipinski definition) is 2. The molecule has 2 aromatic carbocycles. The summed E-state index contributed by atoms with van der Waals surface area (Å²) >= 11 is 11.9.